The van der Waals surface area contributed by atoms with Crippen molar-refractivity contribution in [3.8, 4) is 69.0 Å². The Morgan fingerprint density at radius 1 is 0.356 bits per heavy atom. The highest BCUT2D eigenvalue weighted by Crippen LogP contribution is 2.62. The fourth-order valence-corrected chi connectivity index (χ4v) is 19.6. The maximum Gasteiger partial charge on any atom is 0.419 e. The van der Waals surface area contributed by atoms with Crippen molar-refractivity contribution in [3.05, 3.63) is 353 Å². The second kappa shape index (κ2) is 41.0. The quantitative estimate of drug-likeness (QED) is 0.00964. The molecule has 1 saturated carbocycles. The van der Waals surface area contributed by atoms with Crippen molar-refractivity contribution in [2.45, 2.75) is 66.7 Å². The molecule has 1 aliphatic rings. The number of phenolic OH excluding ortho intramolecular Hbond substituents is 4. The smallest absolute Gasteiger partial charge is 0.419 e. The Morgan fingerprint density at radius 2 is 0.705 bits per heavy atom. The standard InChI is InChI=1S/C27H21FO4S.C27H22O5S.C25H19NO6S.C24H16FNO6S/c1-17-14-19(28)4-9-23(17)27(11-12-27)26-25(22-8-5-20(30)15-24(22)33-26)32-21-6-2-18(3-7-21)10-13-31-16-29;1-16-12-17(2)24(18(3)13-16)25(30)27-26(22-9-6-20(29)14-23(22)33-27)32-21-7-4-19(5-8-21)10-11-31-15-28;1-14-3-9-19(15(2)11-14)22(29)24-23(20-10-6-17(28)12-21(20)33-24)32-18-7-4-16(5-8-18)26-25(30)31-13-27;1-13-10-14(25)2-8-18(13)21(29)23-22(19-9-5-16(28)11-20(19)33-23)32-17-6-3-15(4-7-17)26-24(30)31-12-27/h2-10,13-16,30H,11-12H2,1H3;4-15,29H,1-3H3;3-13,28H,1-2H3,(H,26,30);2-12,28H,1H3,(H,26,30)/b13-10+;11-10+;;. The first-order valence-electron chi connectivity index (χ1n) is 40.4. The van der Waals surface area contributed by atoms with Gasteiger partial charge in [-0.25, -0.2) is 18.4 Å². The summed E-state index contributed by atoms with van der Waals surface area (Å²) < 4.78 is 72.8. The molecule has 6 N–H and O–H groups in total. The first-order valence-corrected chi connectivity index (χ1v) is 43.6. The first kappa shape index (κ1) is 92.2. The number of halogens is 2. The van der Waals surface area contributed by atoms with Crippen LogP contribution >= 0.6 is 45.3 Å². The van der Waals surface area contributed by atoms with E-state index >= 15 is 0 Å². The third-order valence-corrected chi connectivity index (χ3v) is 25.7. The van der Waals surface area contributed by atoms with Crippen molar-refractivity contribution >= 4 is 165 Å². The fraction of sp³-hybridized carbons (Fsp3) is 0.0971. The second-order valence-corrected chi connectivity index (χ2v) is 34.5. The number of phenols is 4. The lowest BCUT2D eigenvalue weighted by Crippen LogP contribution is -2.12. The normalized spacial score (nSPS) is 11.7. The Balaban J connectivity index is 0.000000142. The van der Waals surface area contributed by atoms with E-state index in [9.17, 15) is 72.4 Å². The molecule has 1 fully saturated rings. The highest BCUT2D eigenvalue weighted by atomic mass is 32.1. The molecule has 132 heavy (non-hydrogen) atoms. The molecule has 0 spiro atoms. The zero-order chi connectivity index (χ0) is 93.6. The monoisotopic (exact) mass is 1840 g/mol. The lowest BCUT2D eigenvalue weighted by molar-refractivity contribution is -0.124. The molecule has 12 aromatic carbocycles. The molecular weight excluding hydrogens is 1770 g/mol. The maximum atomic E-state index is 13.8. The number of ketones is 3. The van der Waals surface area contributed by atoms with E-state index in [4.69, 9.17) is 18.9 Å². The van der Waals surface area contributed by atoms with Crippen molar-refractivity contribution in [2.24, 2.45) is 0 Å². The third kappa shape index (κ3) is 21.6. The van der Waals surface area contributed by atoms with E-state index in [2.05, 4.69) is 29.6 Å². The highest BCUT2D eigenvalue weighted by Gasteiger charge is 2.50. The number of carbonyl (C=O) groups is 9. The third-order valence-electron chi connectivity index (χ3n) is 20.9. The number of aryl methyl sites for hydroxylation is 7. The van der Waals surface area contributed by atoms with E-state index in [0.717, 1.165) is 105 Å². The largest absolute Gasteiger partial charge is 0.508 e. The predicted octanol–water partition coefficient (Wildman–Crippen LogP) is 25.5. The van der Waals surface area contributed by atoms with Gasteiger partial charge in [0.15, 0.2) is 17.2 Å². The van der Waals surface area contributed by atoms with Crippen LogP contribution in [0.25, 0.3) is 52.5 Å². The van der Waals surface area contributed by atoms with E-state index < -0.39 is 18.0 Å². The summed E-state index contributed by atoms with van der Waals surface area (Å²) in [6.45, 7) is 14.1. The van der Waals surface area contributed by atoms with Gasteiger partial charge in [-0.05, 0) is 294 Å². The number of nitrogens with one attached hydrogen (secondary N) is 2. The van der Waals surface area contributed by atoms with Gasteiger partial charge in [0, 0.05) is 73.8 Å². The Labute approximate surface area is 768 Å². The van der Waals surface area contributed by atoms with Gasteiger partial charge in [-0.15, -0.1) is 45.3 Å². The molecular formula is C103H78F2N2O21S4. The van der Waals surface area contributed by atoms with Crippen LogP contribution in [0, 0.1) is 60.1 Å². The number of hydrogen-bond acceptors (Lipinski definition) is 25. The number of ether oxygens (including phenoxy) is 8. The molecule has 0 saturated heterocycles. The summed E-state index contributed by atoms with van der Waals surface area (Å²) in [5.74, 6) is 3.15. The summed E-state index contributed by atoms with van der Waals surface area (Å²) in [5, 5.41) is 47.5. The van der Waals surface area contributed by atoms with Crippen molar-refractivity contribution in [1.82, 2.24) is 0 Å². The molecule has 16 aromatic rings. The minimum Gasteiger partial charge on any atom is -0.508 e. The Bertz CT molecular complexity index is 6980. The summed E-state index contributed by atoms with van der Waals surface area (Å²) in [6, 6.07) is 65.6. The van der Waals surface area contributed by atoms with Crippen LogP contribution in [0.2, 0.25) is 0 Å². The molecule has 0 atom stereocenters. The van der Waals surface area contributed by atoms with E-state index in [-0.39, 0.29) is 64.5 Å². The highest BCUT2D eigenvalue weighted by molar-refractivity contribution is 7.22. The van der Waals surface area contributed by atoms with E-state index in [0.29, 0.717) is 122 Å². The van der Waals surface area contributed by atoms with Gasteiger partial charge in [-0.2, -0.15) is 0 Å². The van der Waals surface area contributed by atoms with Crippen LogP contribution in [0.1, 0.15) is 119 Å². The lowest BCUT2D eigenvalue weighted by atomic mass is 9.89. The van der Waals surface area contributed by atoms with Crippen molar-refractivity contribution < 1.29 is 110 Å². The maximum absolute atomic E-state index is 13.8. The number of aromatic hydroxyl groups is 4. The van der Waals surface area contributed by atoms with Gasteiger partial charge < -0.3 is 58.3 Å². The molecule has 4 heterocycles. The zero-order valence-electron chi connectivity index (χ0n) is 71.2. The Morgan fingerprint density at radius 3 is 1.08 bits per heavy atom. The van der Waals surface area contributed by atoms with Gasteiger partial charge in [0.25, 0.3) is 12.9 Å². The van der Waals surface area contributed by atoms with Crippen LogP contribution in [0.5, 0.6) is 69.0 Å². The van der Waals surface area contributed by atoms with Crippen molar-refractivity contribution in [1.29, 1.82) is 0 Å². The number of anilines is 2. The molecule has 664 valence electrons. The average molecular weight is 1850 g/mol. The number of thiophene rings is 4. The summed E-state index contributed by atoms with van der Waals surface area (Å²) in [7, 11) is 0. The number of carbonyl (C=O) groups excluding carboxylic acids is 9. The minimum atomic E-state index is -0.926. The van der Waals surface area contributed by atoms with Gasteiger partial charge in [-0.3, -0.25) is 44.2 Å². The number of rotatable bonds is 26. The van der Waals surface area contributed by atoms with Gasteiger partial charge in [0.2, 0.25) is 17.3 Å². The van der Waals surface area contributed by atoms with Crippen LogP contribution in [0.15, 0.2) is 249 Å². The van der Waals surface area contributed by atoms with E-state index in [1.165, 1.54) is 83.7 Å². The van der Waals surface area contributed by atoms with Crippen molar-refractivity contribution in [2.75, 3.05) is 10.6 Å². The summed E-state index contributed by atoms with van der Waals surface area (Å²) in [5.41, 5.74) is 11.2. The molecule has 0 unspecified atom stereocenters. The average Bonchev–Trinajstić information content (AvgIpc) is 1.55. The molecule has 2 amide bonds. The number of fused-ring (bicyclic) bond motifs is 4. The molecule has 17 rings (SSSR count). The summed E-state index contributed by atoms with van der Waals surface area (Å²) in [4.78, 5) is 107. The van der Waals surface area contributed by atoms with E-state index in [1.54, 1.807) is 146 Å². The molecule has 0 aliphatic heterocycles. The minimum absolute atomic E-state index is 0.0215. The summed E-state index contributed by atoms with van der Waals surface area (Å²) in [6.07, 6.45) is 6.03. The van der Waals surface area contributed by atoms with Gasteiger partial charge in [-0.1, -0.05) is 71.8 Å². The molecule has 0 bridgehead atoms. The number of amides is 2. The molecule has 0 radical (unpaired) electrons. The number of benzene rings is 12. The Kier molecular flexibility index (Phi) is 28.6. The van der Waals surface area contributed by atoms with Crippen LogP contribution < -0.4 is 29.6 Å². The molecule has 1 aliphatic carbocycles. The van der Waals surface area contributed by atoms with Crippen LogP contribution in [0.3, 0.4) is 0 Å². The zero-order valence-corrected chi connectivity index (χ0v) is 74.4. The van der Waals surface area contributed by atoms with Gasteiger partial charge >= 0.3 is 25.1 Å². The van der Waals surface area contributed by atoms with Crippen LogP contribution in [-0.4, -0.2) is 75.9 Å². The molecule has 23 nitrogen and oxygen atoms in total. The van der Waals surface area contributed by atoms with Crippen LogP contribution in [-0.2, 0) is 43.5 Å². The first-order chi connectivity index (χ1) is 63.6. The molecule has 29 heteroatoms. The predicted molar refractivity (Wildman–Crippen MR) is 504 cm³/mol. The SMILES string of the molecule is Cc1cc(C)c(C(=O)c2sc3cc(O)ccc3c2Oc2ccc(/C=C/OC=O)cc2)c(C)c1.Cc1cc(F)ccc1C(=O)c1sc2cc(O)ccc2c1Oc1ccc(NC(=O)OC=O)cc1.Cc1cc(F)ccc1C1(c2sc3cc(O)ccc3c2Oc2ccc(/C=C/OC=O)cc2)CC1.Cc1ccc(C(=O)c2sc3cc(O)ccc3c2Oc2ccc(NC(=O)OC=O)cc2)c(C)c1. The van der Waals surface area contributed by atoms with Gasteiger partial charge in [0.05, 0.1) is 17.4 Å². The van der Waals surface area contributed by atoms with E-state index in [1.807, 2.05) is 114 Å². The summed E-state index contributed by atoms with van der Waals surface area (Å²) >= 11 is 5.32. The van der Waals surface area contributed by atoms with Crippen molar-refractivity contribution in [3.63, 3.8) is 0 Å². The van der Waals surface area contributed by atoms with Gasteiger partial charge in [0.1, 0.15) is 78.0 Å². The lowest BCUT2D eigenvalue weighted by Gasteiger charge is -2.19. The van der Waals surface area contributed by atoms with Crippen LogP contribution in [0.4, 0.5) is 29.7 Å². The fourth-order valence-electron chi connectivity index (χ4n) is 14.8. The molecule has 4 aromatic heterocycles. The number of hydrogen-bond donors (Lipinski definition) is 6. The second-order valence-electron chi connectivity index (χ2n) is 30.3. The topological polar surface area (TPSA) is 332 Å². The Hall–Kier alpha value is -16.0.